The van der Waals surface area contributed by atoms with Crippen LogP contribution in [0.1, 0.15) is 5.56 Å². The highest BCUT2D eigenvalue weighted by Gasteiger charge is 2.26. The number of aliphatic imine (C=N–C) groups is 1. The van der Waals surface area contributed by atoms with Crippen molar-refractivity contribution in [1.29, 1.82) is 0 Å². The third-order valence-electron chi connectivity index (χ3n) is 3.06. The van der Waals surface area contributed by atoms with Crippen LogP contribution < -0.4 is 0 Å². The van der Waals surface area contributed by atoms with Crippen molar-refractivity contribution < 1.29 is 9.53 Å². The maximum atomic E-state index is 12.0. The zero-order valence-electron chi connectivity index (χ0n) is 10.7. The molecule has 4 nitrogen and oxygen atoms in total. The summed E-state index contributed by atoms with van der Waals surface area (Å²) >= 11 is 4.84. The van der Waals surface area contributed by atoms with Crippen molar-refractivity contribution >= 4 is 44.8 Å². The highest BCUT2D eigenvalue weighted by molar-refractivity contribution is 9.10. The van der Waals surface area contributed by atoms with Gasteiger partial charge in [-0.3, -0.25) is 4.79 Å². The minimum Gasteiger partial charge on any atom is -0.378 e. The van der Waals surface area contributed by atoms with Crippen LogP contribution in [0.3, 0.4) is 0 Å². The first kappa shape index (κ1) is 13.9. The second kappa shape index (κ2) is 6.11. The van der Waals surface area contributed by atoms with E-state index in [1.807, 2.05) is 30.3 Å². The van der Waals surface area contributed by atoms with Gasteiger partial charge in [-0.2, -0.15) is 4.99 Å². The summed E-state index contributed by atoms with van der Waals surface area (Å²) < 4.78 is 6.33. The minimum absolute atomic E-state index is 0.153. The first-order valence-electron chi connectivity index (χ1n) is 6.33. The maximum absolute atomic E-state index is 12.0. The highest BCUT2D eigenvalue weighted by atomic mass is 79.9. The molecule has 1 aromatic carbocycles. The summed E-state index contributed by atoms with van der Waals surface area (Å²) in [6, 6.07) is 7.86. The third-order valence-corrected chi connectivity index (χ3v) is 4.63. The van der Waals surface area contributed by atoms with Crippen LogP contribution in [0.4, 0.5) is 0 Å². The molecule has 2 aliphatic heterocycles. The molecule has 0 atom stereocenters. The number of rotatable bonds is 1. The van der Waals surface area contributed by atoms with Crippen molar-refractivity contribution in [2.75, 3.05) is 26.3 Å². The molecule has 1 aromatic rings. The molecule has 0 spiro atoms. The number of carbonyl (C=O) groups is 1. The van der Waals surface area contributed by atoms with Gasteiger partial charge in [-0.25, -0.2) is 0 Å². The van der Waals surface area contributed by atoms with E-state index < -0.39 is 0 Å². The Labute approximate surface area is 130 Å². The second-order valence-corrected chi connectivity index (χ2v) is 6.39. The molecule has 0 aliphatic carbocycles. The van der Waals surface area contributed by atoms with Crippen molar-refractivity contribution in [1.82, 2.24) is 4.90 Å². The van der Waals surface area contributed by atoms with Crippen LogP contribution in [0.25, 0.3) is 6.08 Å². The summed E-state index contributed by atoms with van der Waals surface area (Å²) in [5.74, 6) is -0.153. The number of halogens is 1. The number of hydrogen-bond acceptors (Lipinski definition) is 4. The molecule has 104 valence electrons. The number of benzene rings is 1. The molecule has 1 saturated heterocycles. The number of morpholine rings is 1. The van der Waals surface area contributed by atoms with Gasteiger partial charge in [0.05, 0.1) is 18.1 Å². The third kappa shape index (κ3) is 3.13. The van der Waals surface area contributed by atoms with Gasteiger partial charge >= 0.3 is 0 Å². The zero-order chi connectivity index (χ0) is 13.9. The molecule has 0 unspecified atom stereocenters. The second-order valence-electron chi connectivity index (χ2n) is 4.46. The summed E-state index contributed by atoms with van der Waals surface area (Å²) in [7, 11) is 0. The van der Waals surface area contributed by atoms with E-state index in [1.165, 1.54) is 11.8 Å². The molecule has 0 N–H and O–H groups in total. The van der Waals surface area contributed by atoms with Crippen molar-refractivity contribution in [3.63, 3.8) is 0 Å². The number of hydrogen-bond donors (Lipinski definition) is 0. The van der Waals surface area contributed by atoms with E-state index in [1.54, 1.807) is 0 Å². The molecule has 0 aromatic heterocycles. The molecule has 0 bridgehead atoms. The van der Waals surface area contributed by atoms with E-state index in [9.17, 15) is 4.79 Å². The Kier molecular flexibility index (Phi) is 4.24. The Bertz CT molecular complexity index is 577. The van der Waals surface area contributed by atoms with E-state index in [0.29, 0.717) is 18.1 Å². The molecule has 1 fully saturated rings. The fourth-order valence-electron chi connectivity index (χ4n) is 2.00. The summed E-state index contributed by atoms with van der Waals surface area (Å²) in [6.45, 7) is 2.98. The van der Waals surface area contributed by atoms with Crippen LogP contribution in [-0.4, -0.2) is 42.3 Å². The Morgan fingerprint density at radius 1 is 1.25 bits per heavy atom. The first-order chi connectivity index (χ1) is 9.72. The normalized spacial score (nSPS) is 21.4. The van der Waals surface area contributed by atoms with E-state index >= 15 is 0 Å². The number of amides is 1. The standard InChI is InChI=1S/C14H13BrN2O2S/c15-11-3-1-10(2-4-11)9-12-13(18)16-14(20-12)17-5-7-19-8-6-17/h1-4,9H,5-8H2/b12-9+. The van der Waals surface area contributed by atoms with Gasteiger partial charge < -0.3 is 9.64 Å². The van der Waals surface area contributed by atoms with Crippen LogP contribution in [-0.2, 0) is 9.53 Å². The van der Waals surface area contributed by atoms with Gasteiger partial charge in [0.1, 0.15) is 0 Å². The van der Waals surface area contributed by atoms with Crippen LogP contribution in [0.2, 0.25) is 0 Å². The van der Waals surface area contributed by atoms with Gasteiger partial charge in [0.25, 0.3) is 5.91 Å². The van der Waals surface area contributed by atoms with Crippen LogP contribution in [0, 0.1) is 0 Å². The molecule has 2 aliphatic rings. The Balaban J connectivity index is 1.74. The van der Waals surface area contributed by atoms with Gasteiger partial charge in [-0.05, 0) is 35.5 Å². The van der Waals surface area contributed by atoms with Crippen LogP contribution in [0.15, 0.2) is 38.6 Å². The SMILES string of the molecule is O=C1N=C(N2CCOCC2)S/C1=C/c1ccc(Br)cc1. The Morgan fingerprint density at radius 2 is 1.95 bits per heavy atom. The molecule has 6 heteroatoms. The summed E-state index contributed by atoms with van der Waals surface area (Å²) in [5.41, 5.74) is 1.00. The maximum Gasteiger partial charge on any atom is 0.286 e. The van der Waals surface area contributed by atoms with Gasteiger partial charge in [0.2, 0.25) is 0 Å². The lowest BCUT2D eigenvalue weighted by molar-refractivity contribution is -0.113. The van der Waals surface area contributed by atoms with E-state index in [0.717, 1.165) is 28.3 Å². The average molecular weight is 353 g/mol. The van der Waals surface area contributed by atoms with E-state index in [-0.39, 0.29) is 5.91 Å². The minimum atomic E-state index is -0.153. The van der Waals surface area contributed by atoms with E-state index in [4.69, 9.17) is 4.74 Å². The molecule has 1 amide bonds. The highest BCUT2D eigenvalue weighted by Crippen LogP contribution is 2.30. The summed E-state index contributed by atoms with van der Waals surface area (Å²) in [5, 5.41) is 0.793. The lowest BCUT2D eigenvalue weighted by atomic mass is 10.2. The number of thioether (sulfide) groups is 1. The Hall–Kier alpha value is -1.11. The summed E-state index contributed by atoms with van der Waals surface area (Å²) in [6.07, 6.45) is 1.89. The molecule has 2 heterocycles. The smallest absolute Gasteiger partial charge is 0.286 e. The van der Waals surface area contributed by atoms with Gasteiger partial charge in [-0.15, -0.1) is 0 Å². The van der Waals surface area contributed by atoms with Crippen molar-refractivity contribution in [2.24, 2.45) is 4.99 Å². The number of nitrogens with zero attached hydrogens (tertiary/aromatic N) is 2. The van der Waals surface area contributed by atoms with Gasteiger partial charge in [-0.1, -0.05) is 28.1 Å². The monoisotopic (exact) mass is 352 g/mol. The fraction of sp³-hybridized carbons (Fsp3) is 0.286. The molecular formula is C14H13BrN2O2S. The van der Waals surface area contributed by atoms with E-state index in [2.05, 4.69) is 25.8 Å². The number of carbonyl (C=O) groups excluding carboxylic acids is 1. The van der Waals surface area contributed by atoms with Gasteiger partial charge in [0, 0.05) is 17.6 Å². The molecular weight excluding hydrogens is 340 g/mol. The zero-order valence-corrected chi connectivity index (χ0v) is 13.1. The lowest BCUT2D eigenvalue weighted by Crippen LogP contribution is -2.38. The van der Waals surface area contributed by atoms with Crippen molar-refractivity contribution in [3.05, 3.63) is 39.2 Å². The topological polar surface area (TPSA) is 41.9 Å². The lowest BCUT2D eigenvalue weighted by Gasteiger charge is -2.27. The number of amidine groups is 1. The number of ether oxygens (including phenoxy) is 1. The predicted molar refractivity (Wildman–Crippen MR) is 84.5 cm³/mol. The largest absolute Gasteiger partial charge is 0.378 e. The van der Waals surface area contributed by atoms with Crippen LogP contribution >= 0.6 is 27.7 Å². The fourth-order valence-corrected chi connectivity index (χ4v) is 3.23. The molecule has 0 saturated carbocycles. The Morgan fingerprint density at radius 3 is 2.65 bits per heavy atom. The van der Waals surface area contributed by atoms with Crippen molar-refractivity contribution in [2.45, 2.75) is 0 Å². The van der Waals surface area contributed by atoms with Crippen molar-refractivity contribution in [3.8, 4) is 0 Å². The van der Waals surface area contributed by atoms with Gasteiger partial charge in [0.15, 0.2) is 5.17 Å². The molecule has 3 rings (SSSR count). The first-order valence-corrected chi connectivity index (χ1v) is 7.94. The summed E-state index contributed by atoms with van der Waals surface area (Å²) in [4.78, 5) is 18.9. The molecule has 20 heavy (non-hydrogen) atoms. The quantitative estimate of drug-likeness (QED) is 0.728. The average Bonchev–Trinajstić information content (AvgIpc) is 2.84. The van der Waals surface area contributed by atoms with Crippen LogP contribution in [0.5, 0.6) is 0 Å². The predicted octanol–water partition coefficient (Wildman–Crippen LogP) is 2.75. The molecule has 0 radical (unpaired) electrons.